The van der Waals surface area contributed by atoms with E-state index in [0.717, 1.165) is 16.9 Å². The summed E-state index contributed by atoms with van der Waals surface area (Å²) < 4.78 is 18.3. The maximum absolute atomic E-state index is 13.2. The van der Waals surface area contributed by atoms with Gasteiger partial charge in [-0.2, -0.15) is 0 Å². The van der Waals surface area contributed by atoms with Gasteiger partial charge in [-0.25, -0.2) is 4.39 Å². The van der Waals surface area contributed by atoms with Gasteiger partial charge in [0.05, 0.1) is 19.2 Å². The van der Waals surface area contributed by atoms with Gasteiger partial charge in [0.1, 0.15) is 11.6 Å². The minimum atomic E-state index is -0.604. The summed E-state index contributed by atoms with van der Waals surface area (Å²) in [7, 11) is 1.60. The molecular formula is C20H26FN3O2. The molecule has 2 aromatic carbocycles. The zero-order valence-corrected chi connectivity index (χ0v) is 15.0. The molecular weight excluding hydrogens is 333 g/mol. The lowest BCUT2D eigenvalue weighted by molar-refractivity contribution is -0.123. The zero-order chi connectivity index (χ0) is 18.9. The number of hydrogen-bond acceptors (Lipinski definition) is 4. The van der Waals surface area contributed by atoms with Crippen LogP contribution in [0.4, 0.5) is 4.39 Å². The Morgan fingerprint density at radius 1 is 1.15 bits per heavy atom. The van der Waals surface area contributed by atoms with Crippen LogP contribution in [0.15, 0.2) is 48.5 Å². The van der Waals surface area contributed by atoms with E-state index in [9.17, 15) is 9.18 Å². The second-order valence-electron chi connectivity index (χ2n) is 6.20. The molecule has 2 unspecified atom stereocenters. The highest BCUT2D eigenvalue weighted by atomic mass is 19.1. The number of nitrogens with two attached hydrogens (primary N) is 2. The number of methoxy groups -OCH3 is 1. The highest BCUT2D eigenvalue weighted by Crippen LogP contribution is 2.22. The Balaban J connectivity index is 2.16. The molecule has 5 N–H and O–H groups in total. The Hall–Kier alpha value is -2.44. The first-order valence-electron chi connectivity index (χ1n) is 8.68. The molecule has 0 saturated heterocycles. The number of benzene rings is 2. The molecule has 6 heteroatoms. The number of ether oxygens (including phenoxy) is 1. The minimum Gasteiger partial charge on any atom is -0.497 e. The largest absolute Gasteiger partial charge is 0.497 e. The Kier molecular flexibility index (Phi) is 7.56. The van der Waals surface area contributed by atoms with Crippen LogP contribution >= 0.6 is 0 Å². The van der Waals surface area contributed by atoms with Gasteiger partial charge in [-0.1, -0.05) is 24.3 Å². The lowest BCUT2D eigenvalue weighted by Crippen LogP contribution is -2.43. The van der Waals surface area contributed by atoms with E-state index < -0.39 is 6.04 Å². The average molecular weight is 359 g/mol. The van der Waals surface area contributed by atoms with Gasteiger partial charge >= 0.3 is 0 Å². The van der Waals surface area contributed by atoms with Gasteiger partial charge in [0, 0.05) is 0 Å². The van der Waals surface area contributed by atoms with Crippen molar-refractivity contribution in [2.45, 2.75) is 31.3 Å². The highest BCUT2D eigenvalue weighted by Gasteiger charge is 2.20. The second-order valence-corrected chi connectivity index (χ2v) is 6.20. The van der Waals surface area contributed by atoms with E-state index in [0.29, 0.717) is 25.8 Å². The van der Waals surface area contributed by atoms with Crippen LogP contribution in [0.3, 0.4) is 0 Å². The number of carbonyl (C=O) groups is 1. The Morgan fingerprint density at radius 2 is 1.81 bits per heavy atom. The van der Waals surface area contributed by atoms with Crippen LogP contribution in [0.1, 0.15) is 30.0 Å². The van der Waals surface area contributed by atoms with Crippen molar-refractivity contribution in [3.05, 3.63) is 65.5 Å². The van der Waals surface area contributed by atoms with Crippen LogP contribution < -0.4 is 21.5 Å². The number of amides is 1. The van der Waals surface area contributed by atoms with Gasteiger partial charge in [-0.05, 0) is 61.2 Å². The number of halogens is 1. The zero-order valence-electron chi connectivity index (χ0n) is 15.0. The number of hydrogen-bond donors (Lipinski definition) is 3. The van der Waals surface area contributed by atoms with Gasteiger partial charge in [-0.3, -0.25) is 4.79 Å². The molecule has 0 aliphatic carbocycles. The lowest BCUT2D eigenvalue weighted by atomic mass is 9.98. The summed E-state index contributed by atoms with van der Waals surface area (Å²) in [5.41, 5.74) is 13.3. The monoisotopic (exact) mass is 359 g/mol. The molecule has 26 heavy (non-hydrogen) atoms. The van der Waals surface area contributed by atoms with Crippen molar-refractivity contribution in [2.24, 2.45) is 11.5 Å². The molecule has 0 aliphatic heterocycles. The van der Waals surface area contributed by atoms with E-state index in [4.69, 9.17) is 16.2 Å². The lowest BCUT2D eigenvalue weighted by Gasteiger charge is -2.22. The molecule has 140 valence electrons. The van der Waals surface area contributed by atoms with E-state index in [1.807, 2.05) is 24.3 Å². The van der Waals surface area contributed by atoms with Crippen molar-refractivity contribution < 1.29 is 13.9 Å². The Labute approximate surface area is 153 Å². The second kappa shape index (κ2) is 9.89. The van der Waals surface area contributed by atoms with Crippen LogP contribution in [0.25, 0.3) is 0 Å². The molecule has 5 nitrogen and oxygen atoms in total. The van der Waals surface area contributed by atoms with Crippen molar-refractivity contribution in [3.63, 3.8) is 0 Å². The molecule has 1 amide bonds. The van der Waals surface area contributed by atoms with Crippen LogP contribution in [-0.4, -0.2) is 25.6 Å². The standard InChI is InChI=1S/C20H26FN3O2/c1-26-17-10-6-15(7-11-17)19(13-14-4-8-16(21)9-5-14)24-20(25)18(23)3-2-12-22/h4-11,18-19H,2-3,12-13,22-23H2,1H3,(H,24,25). The summed E-state index contributed by atoms with van der Waals surface area (Å²) in [5, 5.41) is 3.00. The van der Waals surface area contributed by atoms with Gasteiger partial charge in [-0.15, -0.1) is 0 Å². The molecule has 0 aromatic heterocycles. The topological polar surface area (TPSA) is 90.4 Å². The molecule has 0 fully saturated rings. The maximum Gasteiger partial charge on any atom is 0.237 e. The van der Waals surface area contributed by atoms with Gasteiger partial charge < -0.3 is 21.5 Å². The molecule has 2 aromatic rings. The van der Waals surface area contributed by atoms with Crippen LogP contribution in [0.2, 0.25) is 0 Å². The molecule has 0 radical (unpaired) electrons. The van der Waals surface area contributed by atoms with Crippen LogP contribution in [-0.2, 0) is 11.2 Å². The van der Waals surface area contributed by atoms with Crippen molar-refractivity contribution in [1.82, 2.24) is 5.32 Å². The number of rotatable bonds is 9. The SMILES string of the molecule is COc1ccc(C(Cc2ccc(F)cc2)NC(=O)C(N)CCCN)cc1. The summed E-state index contributed by atoms with van der Waals surface area (Å²) in [6.07, 6.45) is 1.76. The van der Waals surface area contributed by atoms with Crippen LogP contribution in [0, 0.1) is 5.82 Å². The summed E-state index contributed by atoms with van der Waals surface area (Å²) in [6, 6.07) is 12.9. The summed E-state index contributed by atoms with van der Waals surface area (Å²) in [6.45, 7) is 0.498. The minimum absolute atomic E-state index is 0.221. The van der Waals surface area contributed by atoms with Crippen molar-refractivity contribution in [1.29, 1.82) is 0 Å². The summed E-state index contributed by atoms with van der Waals surface area (Å²) >= 11 is 0. The first-order chi connectivity index (χ1) is 12.5. The van der Waals surface area contributed by atoms with E-state index >= 15 is 0 Å². The van der Waals surface area contributed by atoms with E-state index in [-0.39, 0.29) is 17.8 Å². The van der Waals surface area contributed by atoms with Gasteiger partial charge in [0.25, 0.3) is 0 Å². The predicted molar refractivity (Wildman–Crippen MR) is 100 cm³/mol. The maximum atomic E-state index is 13.2. The summed E-state index contributed by atoms with van der Waals surface area (Å²) in [5.74, 6) is 0.226. The molecule has 0 bridgehead atoms. The molecule has 0 heterocycles. The molecule has 2 rings (SSSR count). The molecule has 2 atom stereocenters. The first kappa shape index (κ1) is 19.9. The fourth-order valence-electron chi connectivity index (χ4n) is 2.69. The molecule has 0 aliphatic rings. The Bertz CT molecular complexity index is 689. The normalized spacial score (nSPS) is 13.1. The van der Waals surface area contributed by atoms with Crippen molar-refractivity contribution in [2.75, 3.05) is 13.7 Å². The van der Waals surface area contributed by atoms with E-state index in [2.05, 4.69) is 5.32 Å². The van der Waals surface area contributed by atoms with Crippen LogP contribution in [0.5, 0.6) is 5.75 Å². The number of carbonyl (C=O) groups excluding carboxylic acids is 1. The third-order valence-electron chi connectivity index (χ3n) is 4.24. The Morgan fingerprint density at radius 3 is 2.38 bits per heavy atom. The quantitative estimate of drug-likeness (QED) is 0.641. The average Bonchev–Trinajstić information content (AvgIpc) is 2.67. The fourth-order valence-corrected chi connectivity index (χ4v) is 2.69. The fraction of sp³-hybridized carbons (Fsp3) is 0.350. The molecule has 0 spiro atoms. The van der Waals surface area contributed by atoms with Crippen molar-refractivity contribution in [3.8, 4) is 5.75 Å². The van der Waals surface area contributed by atoms with Gasteiger partial charge in [0.2, 0.25) is 5.91 Å². The van der Waals surface area contributed by atoms with Gasteiger partial charge in [0.15, 0.2) is 0 Å². The molecule has 0 saturated carbocycles. The predicted octanol–water partition coefficient (Wildman–Crippen LogP) is 2.30. The smallest absolute Gasteiger partial charge is 0.237 e. The van der Waals surface area contributed by atoms with E-state index in [1.54, 1.807) is 19.2 Å². The number of nitrogens with one attached hydrogen (secondary N) is 1. The third-order valence-corrected chi connectivity index (χ3v) is 4.24. The van der Waals surface area contributed by atoms with E-state index in [1.165, 1.54) is 12.1 Å². The first-order valence-corrected chi connectivity index (χ1v) is 8.68. The highest BCUT2D eigenvalue weighted by molar-refractivity contribution is 5.81. The summed E-state index contributed by atoms with van der Waals surface area (Å²) in [4.78, 5) is 12.4. The third kappa shape index (κ3) is 5.82. The van der Waals surface area contributed by atoms with Crippen molar-refractivity contribution >= 4 is 5.91 Å².